The maximum atomic E-state index is 12.9. The molecule has 1 aliphatic rings. The Bertz CT molecular complexity index is 925. The molecule has 0 bridgehead atoms. The summed E-state index contributed by atoms with van der Waals surface area (Å²) < 4.78 is 12.9. The highest BCUT2D eigenvalue weighted by molar-refractivity contribution is 5.85. The first-order chi connectivity index (χ1) is 13.4. The van der Waals surface area contributed by atoms with Crippen LogP contribution in [0.25, 0.3) is 6.08 Å². The highest BCUT2D eigenvalue weighted by Gasteiger charge is 2.28. The van der Waals surface area contributed by atoms with Crippen LogP contribution in [0.5, 0.6) is 0 Å². The van der Waals surface area contributed by atoms with Crippen molar-refractivity contribution >= 4 is 23.8 Å². The zero-order valence-corrected chi connectivity index (χ0v) is 15.3. The SMILES string of the molecule is CC(=O)N1C=Cc2ccccc2[C@H]1CC(=O)NNC(=O)Cc1ccc(F)cc1. The Morgan fingerprint density at radius 3 is 2.39 bits per heavy atom. The molecular formula is C21H20FN3O3. The van der Waals surface area contributed by atoms with Crippen molar-refractivity contribution in [3.63, 3.8) is 0 Å². The van der Waals surface area contributed by atoms with Gasteiger partial charge in [0.15, 0.2) is 0 Å². The van der Waals surface area contributed by atoms with Crippen LogP contribution in [0.3, 0.4) is 0 Å². The third-order valence-electron chi connectivity index (χ3n) is 4.47. The Hall–Kier alpha value is -3.48. The van der Waals surface area contributed by atoms with Gasteiger partial charge in [0.1, 0.15) is 5.82 Å². The van der Waals surface area contributed by atoms with Crippen LogP contribution in [0.2, 0.25) is 0 Å². The summed E-state index contributed by atoms with van der Waals surface area (Å²) in [4.78, 5) is 37.8. The van der Waals surface area contributed by atoms with Crippen molar-refractivity contribution in [2.24, 2.45) is 0 Å². The molecule has 1 heterocycles. The molecule has 2 aromatic carbocycles. The van der Waals surface area contributed by atoms with Gasteiger partial charge in [-0.25, -0.2) is 4.39 Å². The smallest absolute Gasteiger partial charge is 0.242 e. The molecule has 0 spiro atoms. The van der Waals surface area contributed by atoms with Gasteiger partial charge in [0.2, 0.25) is 17.7 Å². The number of carbonyl (C=O) groups excluding carboxylic acids is 3. The topological polar surface area (TPSA) is 78.5 Å². The van der Waals surface area contributed by atoms with Crippen LogP contribution < -0.4 is 10.9 Å². The van der Waals surface area contributed by atoms with Crippen molar-refractivity contribution in [3.05, 3.63) is 77.2 Å². The summed E-state index contributed by atoms with van der Waals surface area (Å²) in [6.45, 7) is 1.44. The number of benzene rings is 2. The van der Waals surface area contributed by atoms with Crippen LogP contribution in [0.1, 0.15) is 36.1 Å². The molecule has 144 valence electrons. The first-order valence-corrected chi connectivity index (χ1v) is 8.82. The second kappa shape index (κ2) is 8.47. The van der Waals surface area contributed by atoms with E-state index in [1.54, 1.807) is 6.20 Å². The zero-order chi connectivity index (χ0) is 20.1. The Labute approximate surface area is 162 Å². The second-order valence-corrected chi connectivity index (χ2v) is 6.49. The minimum absolute atomic E-state index is 0.00222. The fourth-order valence-electron chi connectivity index (χ4n) is 3.11. The van der Waals surface area contributed by atoms with E-state index in [1.165, 1.54) is 36.1 Å². The van der Waals surface area contributed by atoms with Crippen LogP contribution in [0, 0.1) is 5.82 Å². The molecule has 0 fully saturated rings. The first-order valence-electron chi connectivity index (χ1n) is 8.82. The van der Waals surface area contributed by atoms with E-state index in [0.717, 1.165) is 11.1 Å². The van der Waals surface area contributed by atoms with Gasteiger partial charge in [-0.15, -0.1) is 0 Å². The molecule has 0 radical (unpaired) electrons. The molecule has 3 amide bonds. The number of nitrogens with zero attached hydrogens (tertiary/aromatic N) is 1. The van der Waals surface area contributed by atoms with Crippen LogP contribution in [-0.2, 0) is 20.8 Å². The van der Waals surface area contributed by atoms with Gasteiger partial charge in [0.05, 0.1) is 18.9 Å². The average molecular weight is 381 g/mol. The lowest BCUT2D eigenvalue weighted by molar-refractivity contribution is -0.132. The summed E-state index contributed by atoms with van der Waals surface area (Å²) in [5.41, 5.74) is 7.16. The number of fused-ring (bicyclic) bond motifs is 1. The highest BCUT2D eigenvalue weighted by atomic mass is 19.1. The van der Waals surface area contributed by atoms with Crippen molar-refractivity contribution in [3.8, 4) is 0 Å². The molecule has 0 aliphatic carbocycles. The maximum Gasteiger partial charge on any atom is 0.242 e. The van der Waals surface area contributed by atoms with Gasteiger partial charge in [0.25, 0.3) is 0 Å². The van der Waals surface area contributed by atoms with Crippen molar-refractivity contribution in [2.45, 2.75) is 25.8 Å². The van der Waals surface area contributed by atoms with E-state index in [9.17, 15) is 18.8 Å². The third kappa shape index (κ3) is 4.62. The molecule has 2 N–H and O–H groups in total. The van der Waals surface area contributed by atoms with Crippen molar-refractivity contribution in [2.75, 3.05) is 0 Å². The molecule has 28 heavy (non-hydrogen) atoms. The molecule has 0 saturated heterocycles. The number of nitrogens with one attached hydrogen (secondary N) is 2. The molecule has 7 heteroatoms. The fraction of sp³-hybridized carbons (Fsp3) is 0.190. The Morgan fingerprint density at radius 2 is 1.68 bits per heavy atom. The summed E-state index contributed by atoms with van der Waals surface area (Å²) >= 11 is 0. The first kappa shape index (κ1) is 19.3. The quantitative estimate of drug-likeness (QED) is 0.799. The van der Waals surface area contributed by atoms with Crippen molar-refractivity contribution < 1.29 is 18.8 Å². The van der Waals surface area contributed by atoms with E-state index in [1.807, 2.05) is 30.3 Å². The van der Waals surface area contributed by atoms with Gasteiger partial charge < -0.3 is 4.90 Å². The van der Waals surface area contributed by atoms with Crippen LogP contribution in [-0.4, -0.2) is 22.6 Å². The molecule has 0 saturated carbocycles. The predicted octanol–water partition coefficient (Wildman–Crippen LogP) is 2.48. The number of rotatable bonds is 4. The highest BCUT2D eigenvalue weighted by Crippen LogP contribution is 2.32. The van der Waals surface area contributed by atoms with E-state index in [-0.39, 0.29) is 24.6 Å². The molecule has 3 rings (SSSR count). The largest absolute Gasteiger partial charge is 0.311 e. The van der Waals surface area contributed by atoms with Crippen LogP contribution in [0.15, 0.2) is 54.7 Å². The van der Waals surface area contributed by atoms with Gasteiger partial charge in [0, 0.05) is 13.1 Å². The summed E-state index contributed by atoms with van der Waals surface area (Å²) in [5.74, 6) is -1.40. The number of hydrogen-bond acceptors (Lipinski definition) is 3. The van der Waals surface area contributed by atoms with E-state index in [4.69, 9.17) is 0 Å². The number of hydrogen-bond donors (Lipinski definition) is 2. The van der Waals surface area contributed by atoms with E-state index >= 15 is 0 Å². The molecule has 1 atom stereocenters. The monoisotopic (exact) mass is 381 g/mol. The average Bonchev–Trinajstić information content (AvgIpc) is 2.68. The maximum absolute atomic E-state index is 12.9. The van der Waals surface area contributed by atoms with Crippen molar-refractivity contribution in [1.29, 1.82) is 0 Å². The predicted molar refractivity (Wildman–Crippen MR) is 102 cm³/mol. The van der Waals surface area contributed by atoms with Crippen molar-refractivity contribution in [1.82, 2.24) is 15.8 Å². The van der Waals surface area contributed by atoms with Gasteiger partial charge in [-0.3, -0.25) is 25.2 Å². The van der Waals surface area contributed by atoms with Gasteiger partial charge in [-0.1, -0.05) is 36.4 Å². The molecule has 0 unspecified atom stereocenters. The van der Waals surface area contributed by atoms with Gasteiger partial charge in [-0.05, 0) is 34.9 Å². The molecule has 6 nitrogen and oxygen atoms in total. The molecule has 1 aliphatic heterocycles. The van der Waals surface area contributed by atoms with Gasteiger partial charge >= 0.3 is 0 Å². The fourth-order valence-corrected chi connectivity index (χ4v) is 3.11. The summed E-state index contributed by atoms with van der Waals surface area (Å²) in [6, 6.07) is 12.6. The summed E-state index contributed by atoms with van der Waals surface area (Å²) in [5, 5.41) is 0. The third-order valence-corrected chi connectivity index (χ3v) is 4.47. The minimum Gasteiger partial charge on any atom is -0.311 e. The Morgan fingerprint density at radius 1 is 1.00 bits per heavy atom. The zero-order valence-electron chi connectivity index (χ0n) is 15.3. The van der Waals surface area contributed by atoms with Crippen LogP contribution >= 0.6 is 0 Å². The number of halogens is 1. The molecule has 2 aromatic rings. The normalized spacial score (nSPS) is 14.9. The number of carbonyl (C=O) groups is 3. The molecular weight excluding hydrogens is 361 g/mol. The Balaban J connectivity index is 1.60. The standard InChI is InChI=1S/C21H20FN3O3/c1-14(26)25-11-10-16-4-2-3-5-18(16)19(25)13-21(28)24-23-20(27)12-15-6-8-17(22)9-7-15/h2-11,19H,12-13H2,1H3,(H,23,27)(H,24,28)/t19-/m1/s1. The van der Waals surface area contributed by atoms with E-state index < -0.39 is 17.9 Å². The second-order valence-electron chi connectivity index (χ2n) is 6.49. The Kier molecular flexibility index (Phi) is 5.84. The minimum atomic E-state index is -0.451. The van der Waals surface area contributed by atoms with E-state index in [0.29, 0.717) is 5.56 Å². The summed E-state index contributed by atoms with van der Waals surface area (Å²) in [7, 11) is 0. The molecule has 0 aromatic heterocycles. The lowest BCUT2D eigenvalue weighted by Gasteiger charge is -2.32. The number of amides is 3. The van der Waals surface area contributed by atoms with E-state index in [2.05, 4.69) is 10.9 Å². The number of hydrazine groups is 1. The van der Waals surface area contributed by atoms with Crippen LogP contribution in [0.4, 0.5) is 4.39 Å². The lowest BCUT2D eigenvalue weighted by Crippen LogP contribution is -2.44. The van der Waals surface area contributed by atoms with Gasteiger partial charge in [-0.2, -0.15) is 0 Å². The summed E-state index contributed by atoms with van der Waals surface area (Å²) in [6.07, 6.45) is 3.50. The lowest BCUT2D eigenvalue weighted by atomic mass is 9.93.